The monoisotopic (exact) mass is 142 g/mol. The fourth-order valence-corrected chi connectivity index (χ4v) is 1.16. The summed E-state index contributed by atoms with van der Waals surface area (Å²) in [7, 11) is 2.00. The first-order chi connectivity index (χ1) is 4.84. The molecule has 2 nitrogen and oxygen atoms in total. The van der Waals surface area contributed by atoms with Crippen LogP contribution in [0.3, 0.4) is 0 Å². The highest BCUT2D eigenvalue weighted by molar-refractivity contribution is 4.89. The van der Waals surface area contributed by atoms with Crippen LogP contribution in [0.25, 0.3) is 0 Å². The molecule has 2 atom stereocenters. The molecule has 0 aromatic rings. The summed E-state index contributed by atoms with van der Waals surface area (Å²) >= 11 is 0. The van der Waals surface area contributed by atoms with Gasteiger partial charge in [0, 0.05) is 6.04 Å². The highest BCUT2D eigenvalue weighted by Gasteiger charge is 2.31. The molecule has 2 N–H and O–H groups in total. The van der Waals surface area contributed by atoms with E-state index in [9.17, 15) is 0 Å². The van der Waals surface area contributed by atoms with Crippen molar-refractivity contribution in [2.24, 2.45) is 5.92 Å². The highest BCUT2D eigenvalue weighted by Crippen LogP contribution is 2.28. The third kappa shape index (κ3) is 2.67. The van der Waals surface area contributed by atoms with Crippen molar-refractivity contribution in [3.05, 3.63) is 0 Å². The second-order valence-corrected chi connectivity index (χ2v) is 3.23. The summed E-state index contributed by atoms with van der Waals surface area (Å²) < 4.78 is 0. The lowest BCUT2D eigenvalue weighted by Crippen LogP contribution is -2.22. The Hall–Kier alpha value is -0.0800. The molecule has 0 bridgehead atoms. The van der Waals surface area contributed by atoms with E-state index < -0.39 is 0 Å². The first kappa shape index (κ1) is 8.02. The fourth-order valence-electron chi connectivity index (χ4n) is 1.16. The van der Waals surface area contributed by atoms with E-state index in [4.69, 9.17) is 0 Å². The SMILES string of the molecule is CNCCCNC1CC1C. The lowest BCUT2D eigenvalue weighted by Gasteiger charge is -2.01. The molecule has 0 aliphatic heterocycles. The van der Waals surface area contributed by atoms with Crippen molar-refractivity contribution in [2.45, 2.75) is 25.8 Å². The van der Waals surface area contributed by atoms with Crippen LogP contribution >= 0.6 is 0 Å². The molecule has 1 fully saturated rings. The van der Waals surface area contributed by atoms with Gasteiger partial charge in [0.1, 0.15) is 0 Å². The molecular weight excluding hydrogens is 124 g/mol. The van der Waals surface area contributed by atoms with Crippen LogP contribution < -0.4 is 10.6 Å². The second-order valence-electron chi connectivity index (χ2n) is 3.23. The van der Waals surface area contributed by atoms with Gasteiger partial charge in [-0.2, -0.15) is 0 Å². The van der Waals surface area contributed by atoms with Crippen molar-refractivity contribution < 1.29 is 0 Å². The molecule has 0 amide bonds. The number of hydrogen-bond acceptors (Lipinski definition) is 2. The predicted octanol–water partition coefficient (Wildman–Crippen LogP) is 0.594. The van der Waals surface area contributed by atoms with E-state index in [-0.39, 0.29) is 0 Å². The van der Waals surface area contributed by atoms with Gasteiger partial charge >= 0.3 is 0 Å². The van der Waals surface area contributed by atoms with Gasteiger partial charge in [0.2, 0.25) is 0 Å². The maximum atomic E-state index is 3.50. The minimum atomic E-state index is 0.844. The summed E-state index contributed by atoms with van der Waals surface area (Å²) in [5.74, 6) is 0.939. The van der Waals surface area contributed by atoms with E-state index >= 15 is 0 Å². The van der Waals surface area contributed by atoms with E-state index in [0.717, 1.165) is 18.5 Å². The maximum absolute atomic E-state index is 3.50. The molecule has 0 spiro atoms. The van der Waals surface area contributed by atoms with Crippen molar-refractivity contribution in [1.29, 1.82) is 0 Å². The molecule has 0 aromatic heterocycles. The maximum Gasteiger partial charge on any atom is 0.00963 e. The van der Waals surface area contributed by atoms with Gasteiger partial charge in [-0.25, -0.2) is 0 Å². The lowest BCUT2D eigenvalue weighted by atomic mass is 10.4. The van der Waals surface area contributed by atoms with Crippen molar-refractivity contribution in [3.63, 3.8) is 0 Å². The Kier molecular flexibility index (Phi) is 3.16. The second kappa shape index (κ2) is 3.94. The van der Waals surface area contributed by atoms with Crippen LogP contribution in [0.5, 0.6) is 0 Å². The van der Waals surface area contributed by atoms with Crippen LogP contribution in [-0.2, 0) is 0 Å². The molecule has 2 heteroatoms. The molecule has 1 saturated carbocycles. The summed E-state index contributed by atoms with van der Waals surface area (Å²) in [4.78, 5) is 0. The van der Waals surface area contributed by atoms with Gasteiger partial charge < -0.3 is 10.6 Å². The van der Waals surface area contributed by atoms with Crippen LogP contribution in [0.4, 0.5) is 0 Å². The molecule has 0 aromatic carbocycles. The van der Waals surface area contributed by atoms with Crippen molar-refractivity contribution in [2.75, 3.05) is 20.1 Å². The van der Waals surface area contributed by atoms with E-state index in [2.05, 4.69) is 17.6 Å². The molecule has 1 aliphatic rings. The van der Waals surface area contributed by atoms with Gasteiger partial charge in [0.25, 0.3) is 0 Å². The molecule has 1 rings (SSSR count). The summed E-state index contributed by atoms with van der Waals surface area (Å²) in [6.45, 7) is 4.61. The van der Waals surface area contributed by atoms with Crippen LogP contribution in [0.1, 0.15) is 19.8 Å². The average molecular weight is 142 g/mol. The Morgan fingerprint density at radius 3 is 2.60 bits per heavy atom. The van der Waals surface area contributed by atoms with Crippen molar-refractivity contribution in [3.8, 4) is 0 Å². The standard InChI is InChI=1S/C8H18N2/c1-7-6-8(7)10-5-3-4-9-2/h7-10H,3-6H2,1-2H3. The molecule has 60 valence electrons. The smallest absolute Gasteiger partial charge is 0.00963 e. The molecule has 1 aliphatic carbocycles. The normalized spacial score (nSPS) is 30.6. The third-order valence-electron chi connectivity index (χ3n) is 2.12. The number of rotatable bonds is 5. The van der Waals surface area contributed by atoms with Gasteiger partial charge in [-0.3, -0.25) is 0 Å². The zero-order valence-corrected chi connectivity index (χ0v) is 6.98. The van der Waals surface area contributed by atoms with Gasteiger partial charge in [0.05, 0.1) is 0 Å². The van der Waals surface area contributed by atoms with Crippen molar-refractivity contribution >= 4 is 0 Å². The van der Waals surface area contributed by atoms with Gasteiger partial charge in [-0.1, -0.05) is 6.92 Å². The average Bonchev–Trinajstić information content (AvgIpc) is 2.60. The van der Waals surface area contributed by atoms with Gasteiger partial charge in [-0.05, 0) is 38.9 Å². The summed E-state index contributed by atoms with van der Waals surface area (Å²) in [5, 5.41) is 6.63. The molecule has 0 saturated heterocycles. The Morgan fingerprint density at radius 1 is 1.40 bits per heavy atom. The van der Waals surface area contributed by atoms with E-state index in [1.807, 2.05) is 7.05 Å². The Labute approximate surface area is 63.4 Å². The number of nitrogens with one attached hydrogen (secondary N) is 2. The van der Waals surface area contributed by atoms with Crippen LogP contribution in [-0.4, -0.2) is 26.2 Å². The van der Waals surface area contributed by atoms with Gasteiger partial charge in [0.15, 0.2) is 0 Å². The first-order valence-corrected chi connectivity index (χ1v) is 4.22. The zero-order chi connectivity index (χ0) is 7.40. The molecular formula is C8H18N2. The Bertz CT molecular complexity index is 93.3. The topological polar surface area (TPSA) is 24.1 Å². The van der Waals surface area contributed by atoms with Crippen molar-refractivity contribution in [1.82, 2.24) is 10.6 Å². The minimum absolute atomic E-state index is 0.844. The largest absolute Gasteiger partial charge is 0.320 e. The molecule has 0 heterocycles. The predicted molar refractivity (Wildman–Crippen MR) is 44.1 cm³/mol. The van der Waals surface area contributed by atoms with E-state index in [1.165, 1.54) is 19.4 Å². The summed E-state index contributed by atoms with van der Waals surface area (Å²) in [6.07, 6.45) is 2.64. The lowest BCUT2D eigenvalue weighted by molar-refractivity contribution is 0.604. The quantitative estimate of drug-likeness (QED) is 0.549. The van der Waals surface area contributed by atoms with Gasteiger partial charge in [-0.15, -0.1) is 0 Å². The number of hydrogen-bond donors (Lipinski definition) is 2. The van der Waals surface area contributed by atoms with Crippen LogP contribution in [0, 0.1) is 5.92 Å². The third-order valence-corrected chi connectivity index (χ3v) is 2.12. The summed E-state index contributed by atoms with van der Waals surface area (Å²) in [5.41, 5.74) is 0. The molecule has 10 heavy (non-hydrogen) atoms. The Balaban J connectivity index is 1.78. The summed E-state index contributed by atoms with van der Waals surface area (Å²) in [6, 6.07) is 0.844. The Morgan fingerprint density at radius 2 is 2.10 bits per heavy atom. The molecule has 2 unspecified atom stereocenters. The fraction of sp³-hybridized carbons (Fsp3) is 1.00. The zero-order valence-electron chi connectivity index (χ0n) is 6.98. The molecule has 0 radical (unpaired) electrons. The van der Waals surface area contributed by atoms with Crippen LogP contribution in [0.2, 0.25) is 0 Å². The minimum Gasteiger partial charge on any atom is -0.320 e. The highest BCUT2D eigenvalue weighted by atomic mass is 15.0. The van der Waals surface area contributed by atoms with Crippen LogP contribution in [0.15, 0.2) is 0 Å². The van der Waals surface area contributed by atoms with E-state index in [1.54, 1.807) is 0 Å². The van der Waals surface area contributed by atoms with E-state index in [0.29, 0.717) is 0 Å². The first-order valence-electron chi connectivity index (χ1n) is 4.22.